The molecule has 1 saturated carbocycles. The molecule has 10 heteroatoms. The second kappa shape index (κ2) is 7.35. The number of fused-ring (bicyclic) bond motifs is 1. The van der Waals surface area contributed by atoms with E-state index in [0.29, 0.717) is 12.1 Å². The van der Waals surface area contributed by atoms with Crippen LogP contribution in [0.3, 0.4) is 0 Å². The first-order valence-corrected chi connectivity index (χ1v) is 10.6. The molecule has 158 valence electrons. The van der Waals surface area contributed by atoms with Gasteiger partial charge in [0.15, 0.2) is 17.4 Å². The van der Waals surface area contributed by atoms with Gasteiger partial charge in [-0.05, 0) is 43.4 Å². The summed E-state index contributed by atoms with van der Waals surface area (Å²) in [6, 6.07) is 5.05. The van der Waals surface area contributed by atoms with E-state index in [-0.39, 0.29) is 23.5 Å². The third kappa shape index (κ3) is 3.74. The van der Waals surface area contributed by atoms with Crippen LogP contribution in [-0.4, -0.2) is 20.9 Å². The third-order valence-corrected chi connectivity index (χ3v) is 6.04. The third-order valence-electron chi connectivity index (χ3n) is 4.68. The number of carbonyl (C=O) groups excluding carboxylic acids is 1. The number of sulfonamides is 1. The highest BCUT2D eigenvalue weighted by atomic mass is 32.2. The van der Waals surface area contributed by atoms with E-state index < -0.39 is 49.8 Å². The first-order chi connectivity index (χ1) is 14.2. The van der Waals surface area contributed by atoms with Crippen molar-refractivity contribution in [3.63, 3.8) is 0 Å². The molecular formula is C20H16F3NO5S. The van der Waals surface area contributed by atoms with Crippen LogP contribution in [0.5, 0.6) is 5.75 Å². The maximum atomic E-state index is 14.3. The lowest BCUT2D eigenvalue weighted by Gasteiger charge is -2.12. The van der Waals surface area contributed by atoms with E-state index in [1.54, 1.807) is 10.8 Å². The minimum atomic E-state index is -4.64. The van der Waals surface area contributed by atoms with Crippen molar-refractivity contribution in [2.45, 2.75) is 30.6 Å². The van der Waals surface area contributed by atoms with Crippen LogP contribution in [-0.2, 0) is 10.0 Å². The number of nitrogens with one attached hydrogen (secondary N) is 1. The average molecular weight is 439 g/mol. The SMILES string of the molecule is CCOc1cc(F)c(F)cc1S(=O)(=O)NC(=O)c1cc2c(F)cc(C3CC3)cc2o1. The van der Waals surface area contributed by atoms with E-state index in [1.807, 2.05) is 0 Å². The Kier molecular flexibility index (Phi) is 4.97. The summed E-state index contributed by atoms with van der Waals surface area (Å²) in [4.78, 5) is 11.7. The second-order valence-corrected chi connectivity index (χ2v) is 8.53. The molecule has 1 N–H and O–H groups in total. The van der Waals surface area contributed by atoms with Crippen LogP contribution < -0.4 is 9.46 Å². The van der Waals surface area contributed by atoms with E-state index in [2.05, 4.69) is 0 Å². The molecule has 1 amide bonds. The first-order valence-electron chi connectivity index (χ1n) is 9.11. The maximum Gasteiger partial charge on any atom is 0.300 e. The van der Waals surface area contributed by atoms with Crippen molar-refractivity contribution in [2.75, 3.05) is 6.61 Å². The van der Waals surface area contributed by atoms with Gasteiger partial charge in [0.1, 0.15) is 22.0 Å². The van der Waals surface area contributed by atoms with Gasteiger partial charge in [-0.1, -0.05) is 0 Å². The normalized spacial score (nSPS) is 14.1. The number of rotatable bonds is 6. The number of carbonyl (C=O) groups is 1. The van der Waals surface area contributed by atoms with Gasteiger partial charge in [-0.2, -0.15) is 0 Å². The second-order valence-electron chi connectivity index (χ2n) is 6.88. The minimum Gasteiger partial charge on any atom is -0.492 e. The fraction of sp³-hybridized carbons (Fsp3) is 0.250. The molecule has 0 spiro atoms. The Balaban J connectivity index is 1.66. The Morgan fingerprint density at radius 2 is 1.80 bits per heavy atom. The van der Waals surface area contributed by atoms with Crippen LogP contribution in [0.15, 0.2) is 39.6 Å². The topological polar surface area (TPSA) is 85.6 Å². The molecular weight excluding hydrogens is 423 g/mol. The van der Waals surface area contributed by atoms with Crippen molar-refractivity contribution < 1.29 is 35.5 Å². The van der Waals surface area contributed by atoms with Gasteiger partial charge in [-0.3, -0.25) is 4.79 Å². The molecule has 0 atom stereocenters. The van der Waals surface area contributed by atoms with Gasteiger partial charge in [-0.15, -0.1) is 0 Å². The van der Waals surface area contributed by atoms with Gasteiger partial charge in [0, 0.05) is 18.2 Å². The van der Waals surface area contributed by atoms with Crippen molar-refractivity contribution in [1.82, 2.24) is 4.72 Å². The molecule has 0 radical (unpaired) electrons. The summed E-state index contributed by atoms with van der Waals surface area (Å²) < 4.78 is 78.7. The van der Waals surface area contributed by atoms with Crippen LogP contribution >= 0.6 is 0 Å². The largest absolute Gasteiger partial charge is 0.492 e. The predicted molar refractivity (Wildman–Crippen MR) is 100 cm³/mol. The van der Waals surface area contributed by atoms with E-state index >= 15 is 0 Å². The molecule has 1 aromatic heterocycles. The van der Waals surface area contributed by atoms with Gasteiger partial charge in [0.05, 0.1) is 12.0 Å². The zero-order valence-electron chi connectivity index (χ0n) is 15.7. The number of amides is 1. The van der Waals surface area contributed by atoms with Gasteiger partial charge >= 0.3 is 5.91 Å². The molecule has 1 aliphatic carbocycles. The molecule has 2 aromatic carbocycles. The summed E-state index contributed by atoms with van der Waals surface area (Å²) in [5.41, 5.74) is 0.861. The van der Waals surface area contributed by atoms with E-state index in [9.17, 15) is 26.4 Å². The first kappa shape index (κ1) is 20.3. The molecule has 0 bridgehead atoms. The lowest BCUT2D eigenvalue weighted by molar-refractivity contribution is 0.0956. The Labute approximate surface area is 169 Å². The average Bonchev–Trinajstić information content (AvgIpc) is 3.43. The smallest absolute Gasteiger partial charge is 0.300 e. The maximum absolute atomic E-state index is 14.3. The molecule has 4 rings (SSSR count). The molecule has 1 aliphatic rings. The Morgan fingerprint density at radius 3 is 2.47 bits per heavy atom. The minimum absolute atomic E-state index is 0.0201. The summed E-state index contributed by atoms with van der Waals surface area (Å²) in [6.45, 7) is 1.50. The number of halogens is 3. The van der Waals surface area contributed by atoms with E-state index in [1.165, 1.54) is 13.0 Å². The fourth-order valence-corrected chi connectivity index (χ4v) is 4.19. The van der Waals surface area contributed by atoms with Crippen molar-refractivity contribution in [1.29, 1.82) is 0 Å². The van der Waals surface area contributed by atoms with Crippen LogP contribution in [0.4, 0.5) is 13.2 Å². The Hall–Kier alpha value is -3.01. The molecule has 0 unspecified atom stereocenters. The van der Waals surface area contributed by atoms with Gasteiger partial charge in [-0.25, -0.2) is 26.3 Å². The predicted octanol–water partition coefficient (Wildman–Crippen LogP) is 4.24. The van der Waals surface area contributed by atoms with Crippen molar-refractivity contribution in [3.05, 3.63) is 59.1 Å². The number of ether oxygens (including phenoxy) is 1. The summed E-state index contributed by atoms with van der Waals surface area (Å²) in [7, 11) is -4.64. The Morgan fingerprint density at radius 1 is 1.10 bits per heavy atom. The quantitative estimate of drug-likeness (QED) is 0.621. The van der Waals surface area contributed by atoms with Crippen molar-refractivity contribution >= 4 is 26.9 Å². The summed E-state index contributed by atoms with van der Waals surface area (Å²) in [5, 5.41) is 0.0322. The molecule has 1 fully saturated rings. The number of hydrogen-bond donors (Lipinski definition) is 1. The van der Waals surface area contributed by atoms with Crippen LogP contribution in [0.2, 0.25) is 0 Å². The number of furan rings is 1. The summed E-state index contributed by atoms with van der Waals surface area (Å²) >= 11 is 0. The highest BCUT2D eigenvalue weighted by Crippen LogP contribution is 2.41. The molecule has 0 saturated heterocycles. The van der Waals surface area contributed by atoms with Crippen molar-refractivity contribution in [3.8, 4) is 5.75 Å². The van der Waals surface area contributed by atoms with Gasteiger partial charge < -0.3 is 9.15 Å². The van der Waals surface area contributed by atoms with E-state index in [4.69, 9.17) is 9.15 Å². The molecule has 3 aromatic rings. The summed E-state index contributed by atoms with van der Waals surface area (Å²) in [6.07, 6.45) is 1.88. The van der Waals surface area contributed by atoms with Gasteiger partial charge in [0.2, 0.25) is 0 Å². The fourth-order valence-electron chi connectivity index (χ4n) is 3.10. The molecule has 0 aliphatic heterocycles. The molecule has 6 nitrogen and oxygen atoms in total. The number of benzene rings is 2. The van der Waals surface area contributed by atoms with E-state index in [0.717, 1.165) is 24.5 Å². The van der Waals surface area contributed by atoms with Crippen LogP contribution in [0.25, 0.3) is 11.0 Å². The zero-order valence-corrected chi connectivity index (χ0v) is 16.5. The monoisotopic (exact) mass is 439 g/mol. The summed E-state index contributed by atoms with van der Waals surface area (Å²) in [5.74, 6) is -5.16. The molecule has 30 heavy (non-hydrogen) atoms. The molecule has 1 heterocycles. The lowest BCUT2D eigenvalue weighted by atomic mass is 10.1. The standard InChI is InChI=1S/C20H16F3NO5S/c1-2-28-17-8-14(22)15(23)9-19(17)30(26,27)24-20(25)18-7-12-13(21)5-11(10-3-4-10)6-16(12)29-18/h5-10H,2-4H2,1H3,(H,24,25). The van der Waals surface area contributed by atoms with Crippen LogP contribution in [0.1, 0.15) is 41.8 Å². The number of hydrogen-bond acceptors (Lipinski definition) is 5. The highest BCUT2D eigenvalue weighted by Gasteiger charge is 2.28. The zero-order chi connectivity index (χ0) is 21.6. The van der Waals surface area contributed by atoms with Crippen molar-refractivity contribution in [2.24, 2.45) is 0 Å². The van der Waals surface area contributed by atoms with Gasteiger partial charge in [0.25, 0.3) is 10.0 Å². The van der Waals surface area contributed by atoms with Crippen LogP contribution in [0, 0.1) is 17.5 Å². The Bertz CT molecular complexity index is 1270. The lowest BCUT2D eigenvalue weighted by Crippen LogP contribution is -2.30. The highest BCUT2D eigenvalue weighted by molar-refractivity contribution is 7.90.